The molecule has 0 spiro atoms. The number of amides is 2. The van der Waals surface area contributed by atoms with Crippen molar-refractivity contribution in [2.24, 2.45) is 0 Å². The van der Waals surface area contributed by atoms with Gasteiger partial charge < -0.3 is 20.5 Å². The van der Waals surface area contributed by atoms with Gasteiger partial charge in [0.05, 0.1) is 0 Å². The molecule has 0 aliphatic heterocycles. The van der Waals surface area contributed by atoms with Gasteiger partial charge in [0.1, 0.15) is 6.04 Å². The van der Waals surface area contributed by atoms with Crippen LogP contribution in [0.3, 0.4) is 0 Å². The fourth-order valence-corrected chi connectivity index (χ4v) is 1.58. The van der Waals surface area contributed by atoms with E-state index in [4.69, 9.17) is 9.84 Å². The van der Waals surface area contributed by atoms with Crippen molar-refractivity contribution in [2.45, 2.75) is 58.0 Å². The molecule has 6 nitrogen and oxygen atoms in total. The Kier molecular flexibility index (Phi) is 8.14. The summed E-state index contributed by atoms with van der Waals surface area (Å²) in [4.78, 5) is 22.9. The molecule has 0 saturated heterocycles. The summed E-state index contributed by atoms with van der Waals surface area (Å²) in [5.74, 6) is -1.03. The van der Waals surface area contributed by atoms with Gasteiger partial charge in [-0.05, 0) is 32.6 Å². The van der Waals surface area contributed by atoms with E-state index in [1.165, 1.54) is 0 Å². The van der Waals surface area contributed by atoms with E-state index in [-0.39, 0.29) is 5.54 Å². The van der Waals surface area contributed by atoms with Crippen LogP contribution in [0, 0.1) is 0 Å². The van der Waals surface area contributed by atoms with Crippen LogP contribution in [-0.4, -0.2) is 42.4 Å². The molecule has 1 atom stereocenters. The average molecular weight is 274 g/mol. The zero-order valence-electron chi connectivity index (χ0n) is 12.3. The molecule has 0 aromatic carbocycles. The smallest absolute Gasteiger partial charge is 0.326 e. The number of hydrogen-bond acceptors (Lipinski definition) is 3. The van der Waals surface area contributed by atoms with Gasteiger partial charge in [-0.2, -0.15) is 0 Å². The first kappa shape index (κ1) is 17.7. The lowest BCUT2D eigenvalue weighted by Gasteiger charge is -2.29. The topological polar surface area (TPSA) is 87.7 Å². The molecule has 0 rings (SSSR count). The highest BCUT2D eigenvalue weighted by Crippen LogP contribution is 2.13. The van der Waals surface area contributed by atoms with E-state index in [1.807, 2.05) is 20.8 Å². The molecule has 0 fully saturated rings. The molecule has 0 bridgehead atoms. The molecule has 3 N–H and O–H groups in total. The third-order valence-electron chi connectivity index (χ3n) is 3.42. The maximum Gasteiger partial charge on any atom is 0.326 e. The zero-order valence-corrected chi connectivity index (χ0v) is 12.3. The monoisotopic (exact) mass is 274 g/mol. The van der Waals surface area contributed by atoms with Crippen LogP contribution in [0.4, 0.5) is 4.79 Å². The predicted octanol–water partition coefficient (Wildman–Crippen LogP) is 1.74. The van der Waals surface area contributed by atoms with Crippen molar-refractivity contribution in [2.75, 3.05) is 13.7 Å². The van der Waals surface area contributed by atoms with Crippen LogP contribution in [-0.2, 0) is 9.53 Å². The molecular weight excluding hydrogens is 248 g/mol. The minimum absolute atomic E-state index is 0.306. The highest BCUT2D eigenvalue weighted by Gasteiger charge is 2.25. The third kappa shape index (κ3) is 7.00. The van der Waals surface area contributed by atoms with Crippen LogP contribution in [0.2, 0.25) is 0 Å². The van der Waals surface area contributed by atoms with E-state index < -0.39 is 18.0 Å². The fraction of sp³-hybridized carbons (Fsp3) is 0.846. The number of carbonyl (C=O) groups excluding carboxylic acids is 1. The standard InChI is InChI=1S/C13H26N2O4/c1-5-13(3,6-2)15-12(18)14-10(11(16)17)8-7-9-19-4/h10H,5-9H2,1-4H3,(H,16,17)(H2,14,15,18). The van der Waals surface area contributed by atoms with Gasteiger partial charge in [-0.15, -0.1) is 0 Å². The zero-order chi connectivity index (χ0) is 14.9. The number of carboxylic acid groups (broad SMARTS) is 1. The second-order valence-corrected chi connectivity index (χ2v) is 4.89. The quantitative estimate of drug-likeness (QED) is 0.559. The Morgan fingerprint density at radius 3 is 2.32 bits per heavy atom. The second-order valence-electron chi connectivity index (χ2n) is 4.89. The normalized spacial score (nSPS) is 12.8. The SMILES string of the molecule is CCC(C)(CC)NC(=O)NC(CCCOC)C(=O)O. The van der Waals surface area contributed by atoms with Crippen LogP contribution in [0.5, 0.6) is 0 Å². The van der Waals surface area contributed by atoms with Crippen LogP contribution in [0.1, 0.15) is 46.5 Å². The first-order chi connectivity index (χ1) is 8.88. The Bertz CT molecular complexity index is 290. The second kappa shape index (κ2) is 8.74. The Labute approximate surface area is 114 Å². The summed E-state index contributed by atoms with van der Waals surface area (Å²) in [5, 5.41) is 14.4. The van der Waals surface area contributed by atoms with Gasteiger partial charge in [0.2, 0.25) is 0 Å². The molecular formula is C13H26N2O4. The Hall–Kier alpha value is -1.30. The molecule has 0 heterocycles. The maximum atomic E-state index is 11.8. The molecule has 0 aliphatic rings. The lowest BCUT2D eigenvalue weighted by atomic mass is 9.96. The van der Waals surface area contributed by atoms with Crippen molar-refractivity contribution >= 4 is 12.0 Å². The largest absolute Gasteiger partial charge is 0.480 e. The van der Waals surface area contributed by atoms with Gasteiger partial charge >= 0.3 is 12.0 Å². The van der Waals surface area contributed by atoms with Gasteiger partial charge in [-0.1, -0.05) is 13.8 Å². The number of aliphatic carboxylic acids is 1. The molecule has 112 valence electrons. The minimum atomic E-state index is -1.03. The summed E-state index contributed by atoms with van der Waals surface area (Å²) >= 11 is 0. The van der Waals surface area contributed by atoms with Gasteiger partial charge in [-0.3, -0.25) is 0 Å². The molecule has 0 aliphatic carbocycles. The van der Waals surface area contributed by atoms with Gasteiger partial charge in [0.25, 0.3) is 0 Å². The summed E-state index contributed by atoms with van der Waals surface area (Å²) in [5.41, 5.74) is -0.306. The van der Waals surface area contributed by atoms with Crippen LogP contribution in [0.15, 0.2) is 0 Å². The minimum Gasteiger partial charge on any atom is -0.480 e. The Morgan fingerprint density at radius 2 is 1.89 bits per heavy atom. The van der Waals surface area contributed by atoms with E-state index in [0.717, 1.165) is 12.8 Å². The maximum absolute atomic E-state index is 11.8. The predicted molar refractivity (Wildman–Crippen MR) is 73.2 cm³/mol. The van der Waals surface area contributed by atoms with E-state index in [9.17, 15) is 9.59 Å². The number of nitrogens with one attached hydrogen (secondary N) is 2. The van der Waals surface area contributed by atoms with Crippen molar-refractivity contribution in [3.8, 4) is 0 Å². The number of carboxylic acids is 1. The van der Waals surface area contributed by atoms with Crippen molar-refractivity contribution < 1.29 is 19.4 Å². The number of hydrogen-bond donors (Lipinski definition) is 3. The fourth-order valence-electron chi connectivity index (χ4n) is 1.58. The molecule has 2 amide bonds. The van der Waals surface area contributed by atoms with Gasteiger partial charge in [0, 0.05) is 19.3 Å². The summed E-state index contributed by atoms with van der Waals surface area (Å²) in [6, 6.07) is -1.32. The Morgan fingerprint density at radius 1 is 1.32 bits per heavy atom. The molecule has 0 aromatic rings. The van der Waals surface area contributed by atoms with Crippen molar-refractivity contribution in [3.05, 3.63) is 0 Å². The summed E-state index contributed by atoms with van der Waals surface area (Å²) < 4.78 is 4.87. The van der Waals surface area contributed by atoms with Gasteiger partial charge in [0.15, 0.2) is 0 Å². The van der Waals surface area contributed by atoms with E-state index in [0.29, 0.717) is 19.4 Å². The number of methoxy groups -OCH3 is 1. The molecule has 19 heavy (non-hydrogen) atoms. The first-order valence-electron chi connectivity index (χ1n) is 6.69. The molecule has 0 aromatic heterocycles. The van der Waals surface area contributed by atoms with Crippen LogP contribution in [0.25, 0.3) is 0 Å². The summed E-state index contributed by atoms with van der Waals surface area (Å²) in [6.45, 7) is 6.39. The lowest BCUT2D eigenvalue weighted by molar-refractivity contribution is -0.139. The average Bonchev–Trinajstić information content (AvgIpc) is 2.37. The van der Waals surface area contributed by atoms with Crippen molar-refractivity contribution in [3.63, 3.8) is 0 Å². The van der Waals surface area contributed by atoms with Crippen molar-refractivity contribution in [1.82, 2.24) is 10.6 Å². The van der Waals surface area contributed by atoms with E-state index >= 15 is 0 Å². The van der Waals surface area contributed by atoms with Crippen LogP contribution >= 0.6 is 0 Å². The van der Waals surface area contributed by atoms with Crippen LogP contribution < -0.4 is 10.6 Å². The highest BCUT2D eigenvalue weighted by atomic mass is 16.5. The van der Waals surface area contributed by atoms with E-state index in [1.54, 1.807) is 7.11 Å². The number of rotatable bonds is 9. The highest BCUT2D eigenvalue weighted by molar-refractivity contribution is 5.82. The third-order valence-corrected chi connectivity index (χ3v) is 3.42. The first-order valence-corrected chi connectivity index (χ1v) is 6.69. The van der Waals surface area contributed by atoms with Gasteiger partial charge in [-0.25, -0.2) is 9.59 Å². The molecule has 6 heteroatoms. The van der Waals surface area contributed by atoms with E-state index in [2.05, 4.69) is 10.6 Å². The number of carbonyl (C=O) groups is 2. The molecule has 0 radical (unpaired) electrons. The van der Waals surface area contributed by atoms with Crippen molar-refractivity contribution in [1.29, 1.82) is 0 Å². The lowest BCUT2D eigenvalue weighted by Crippen LogP contribution is -2.53. The Balaban J connectivity index is 4.35. The summed E-state index contributed by atoms with van der Waals surface area (Å²) in [6.07, 6.45) is 2.52. The number of ether oxygens (including phenoxy) is 1. The number of urea groups is 1. The molecule has 1 unspecified atom stereocenters. The molecule has 0 saturated carbocycles. The summed E-state index contributed by atoms with van der Waals surface area (Å²) in [7, 11) is 1.56.